The number of carbonyl (C=O) groups excluding carboxylic acids is 2. The number of rotatable bonds is 2. The largest absolute Gasteiger partial charge is 0.508 e. The topological polar surface area (TPSA) is 66.7 Å². The fourth-order valence-corrected chi connectivity index (χ4v) is 2.27. The second kappa shape index (κ2) is 4.96. The Morgan fingerprint density at radius 3 is 2.21 bits per heavy atom. The Labute approximate surface area is 112 Å². The maximum absolute atomic E-state index is 11.9. The van der Waals surface area contributed by atoms with Crippen LogP contribution in [-0.4, -0.2) is 22.9 Å². The van der Waals surface area contributed by atoms with Crippen LogP contribution in [0.15, 0.2) is 29.3 Å². The smallest absolute Gasteiger partial charge is 0.149 e. The van der Waals surface area contributed by atoms with E-state index < -0.39 is 5.92 Å². The van der Waals surface area contributed by atoms with E-state index >= 15 is 0 Å². The van der Waals surface area contributed by atoms with E-state index in [1.54, 1.807) is 12.1 Å². The second-order valence-electron chi connectivity index (χ2n) is 5.72. The van der Waals surface area contributed by atoms with Crippen molar-refractivity contribution in [2.45, 2.75) is 26.7 Å². The Bertz CT molecular complexity index is 509. The third-order valence-electron chi connectivity index (χ3n) is 3.22. The number of hydrogen-bond donors (Lipinski definition) is 1. The molecule has 0 spiro atoms. The molecule has 4 nitrogen and oxygen atoms in total. The van der Waals surface area contributed by atoms with E-state index in [4.69, 9.17) is 5.11 Å². The monoisotopic (exact) mass is 259 g/mol. The van der Waals surface area contributed by atoms with E-state index in [-0.39, 0.29) is 22.7 Å². The first kappa shape index (κ1) is 13.5. The van der Waals surface area contributed by atoms with Crippen LogP contribution in [0, 0.1) is 11.3 Å². The summed E-state index contributed by atoms with van der Waals surface area (Å²) in [5.74, 6) is -0.695. The van der Waals surface area contributed by atoms with Crippen LogP contribution in [0.3, 0.4) is 0 Å². The molecule has 0 aliphatic heterocycles. The number of phenols is 1. The molecule has 0 radical (unpaired) electrons. The summed E-state index contributed by atoms with van der Waals surface area (Å²) in [6.07, 6.45) is 2.24. The second-order valence-corrected chi connectivity index (χ2v) is 5.72. The molecular formula is C15H17NO3. The maximum Gasteiger partial charge on any atom is 0.149 e. The van der Waals surface area contributed by atoms with Crippen LogP contribution in [0.5, 0.6) is 5.75 Å². The number of carbonyl (C=O) groups is 2. The van der Waals surface area contributed by atoms with Gasteiger partial charge in [-0.2, -0.15) is 0 Å². The van der Waals surface area contributed by atoms with Gasteiger partial charge in [0.05, 0.1) is 5.69 Å². The number of benzene rings is 1. The van der Waals surface area contributed by atoms with E-state index in [1.807, 2.05) is 13.8 Å². The lowest BCUT2D eigenvalue weighted by molar-refractivity contribution is -0.136. The molecule has 19 heavy (non-hydrogen) atoms. The third-order valence-corrected chi connectivity index (χ3v) is 3.22. The Morgan fingerprint density at radius 2 is 1.68 bits per heavy atom. The van der Waals surface area contributed by atoms with E-state index in [9.17, 15) is 9.59 Å². The van der Waals surface area contributed by atoms with Crippen molar-refractivity contribution in [1.29, 1.82) is 0 Å². The lowest BCUT2D eigenvalue weighted by atomic mass is 9.72. The minimum atomic E-state index is -0.721. The number of hydrogen-bond acceptors (Lipinski definition) is 4. The van der Waals surface area contributed by atoms with Crippen LogP contribution in [0.2, 0.25) is 0 Å². The highest BCUT2D eigenvalue weighted by Crippen LogP contribution is 2.33. The summed E-state index contributed by atoms with van der Waals surface area (Å²) in [4.78, 5) is 28.0. The van der Waals surface area contributed by atoms with Crippen LogP contribution in [0.1, 0.15) is 26.7 Å². The first-order valence-electron chi connectivity index (χ1n) is 6.26. The van der Waals surface area contributed by atoms with E-state index in [1.165, 1.54) is 18.3 Å². The normalized spacial score (nSPS) is 20.1. The van der Waals surface area contributed by atoms with Crippen LogP contribution in [-0.2, 0) is 9.59 Å². The van der Waals surface area contributed by atoms with Gasteiger partial charge in [0.2, 0.25) is 0 Å². The maximum atomic E-state index is 11.9. The molecule has 0 aromatic heterocycles. The minimum absolute atomic E-state index is 0.0659. The Morgan fingerprint density at radius 1 is 1.16 bits per heavy atom. The van der Waals surface area contributed by atoms with Crippen molar-refractivity contribution < 1.29 is 14.7 Å². The molecule has 0 unspecified atom stereocenters. The van der Waals surface area contributed by atoms with Gasteiger partial charge in [0, 0.05) is 19.1 Å². The molecule has 0 atom stereocenters. The van der Waals surface area contributed by atoms with Gasteiger partial charge in [-0.05, 0) is 29.7 Å². The van der Waals surface area contributed by atoms with Crippen molar-refractivity contribution in [1.82, 2.24) is 0 Å². The van der Waals surface area contributed by atoms with Crippen molar-refractivity contribution in [3.05, 3.63) is 24.3 Å². The molecule has 1 aromatic rings. The lowest BCUT2D eigenvalue weighted by Gasteiger charge is -2.30. The van der Waals surface area contributed by atoms with Gasteiger partial charge in [0.25, 0.3) is 0 Å². The average Bonchev–Trinajstić information content (AvgIpc) is 2.29. The van der Waals surface area contributed by atoms with Crippen molar-refractivity contribution in [3.63, 3.8) is 0 Å². The van der Waals surface area contributed by atoms with Crippen LogP contribution in [0.4, 0.5) is 5.69 Å². The number of Topliss-reactive ketones (excluding diaryl/α,β-unsaturated/α-hetero) is 2. The Kier molecular flexibility index (Phi) is 3.51. The molecule has 1 aromatic carbocycles. The highest BCUT2D eigenvalue weighted by atomic mass is 16.3. The Hall–Kier alpha value is -1.97. The lowest BCUT2D eigenvalue weighted by Crippen LogP contribution is -2.38. The minimum Gasteiger partial charge on any atom is -0.508 e. The molecular weight excluding hydrogens is 242 g/mol. The molecule has 0 heterocycles. The zero-order valence-electron chi connectivity index (χ0n) is 11.1. The van der Waals surface area contributed by atoms with Crippen LogP contribution >= 0.6 is 0 Å². The summed E-state index contributed by atoms with van der Waals surface area (Å²) in [6.45, 7) is 3.85. The molecule has 100 valence electrons. The fourth-order valence-electron chi connectivity index (χ4n) is 2.27. The van der Waals surface area contributed by atoms with Gasteiger partial charge in [-0.15, -0.1) is 0 Å². The first-order chi connectivity index (χ1) is 8.87. The van der Waals surface area contributed by atoms with Crippen LogP contribution in [0.25, 0.3) is 0 Å². The molecule has 1 N–H and O–H groups in total. The van der Waals surface area contributed by atoms with Crippen molar-refractivity contribution >= 4 is 23.5 Å². The molecule has 1 fully saturated rings. The molecule has 0 amide bonds. The zero-order valence-corrected chi connectivity index (χ0v) is 11.1. The summed E-state index contributed by atoms with van der Waals surface area (Å²) in [6, 6.07) is 6.29. The standard InChI is InChI=1S/C15H17NO3/c1-15(2)7-13(18)12(14(19)8-15)9-16-10-3-5-11(17)6-4-10/h3-6,9,12,17H,7-8H2,1-2H3. The van der Waals surface area contributed by atoms with Gasteiger partial charge in [0.15, 0.2) is 0 Å². The average molecular weight is 259 g/mol. The van der Waals surface area contributed by atoms with Crippen LogP contribution < -0.4 is 0 Å². The van der Waals surface area contributed by atoms with E-state index in [0.29, 0.717) is 18.5 Å². The molecule has 0 bridgehead atoms. The SMILES string of the molecule is CC1(C)CC(=O)C(C=Nc2ccc(O)cc2)C(=O)C1. The first-order valence-corrected chi connectivity index (χ1v) is 6.26. The van der Waals surface area contributed by atoms with Crippen molar-refractivity contribution in [2.24, 2.45) is 16.3 Å². The zero-order chi connectivity index (χ0) is 14.0. The van der Waals surface area contributed by atoms with Gasteiger partial charge >= 0.3 is 0 Å². The van der Waals surface area contributed by atoms with Crippen molar-refractivity contribution in [3.8, 4) is 5.75 Å². The summed E-state index contributed by atoms with van der Waals surface area (Å²) >= 11 is 0. The number of aliphatic imine (C=N–C) groups is 1. The molecule has 1 aliphatic rings. The highest BCUT2D eigenvalue weighted by molar-refractivity contribution is 6.16. The molecule has 4 heteroatoms. The summed E-state index contributed by atoms with van der Waals surface area (Å²) < 4.78 is 0. The fraction of sp³-hybridized carbons (Fsp3) is 0.400. The predicted octanol–water partition coefficient (Wildman–Crippen LogP) is 2.67. The highest BCUT2D eigenvalue weighted by Gasteiger charge is 2.38. The summed E-state index contributed by atoms with van der Waals surface area (Å²) in [7, 11) is 0. The number of phenolic OH excluding ortho intramolecular Hbond substituents is 1. The van der Waals surface area contributed by atoms with E-state index in [0.717, 1.165) is 0 Å². The summed E-state index contributed by atoms with van der Waals surface area (Å²) in [5, 5.41) is 9.16. The Balaban J connectivity index is 2.12. The molecule has 0 saturated heterocycles. The van der Waals surface area contributed by atoms with Gasteiger partial charge in [-0.1, -0.05) is 13.8 Å². The number of aromatic hydroxyl groups is 1. The van der Waals surface area contributed by atoms with Gasteiger partial charge in [-0.25, -0.2) is 0 Å². The van der Waals surface area contributed by atoms with Gasteiger partial charge in [0.1, 0.15) is 23.2 Å². The summed E-state index contributed by atoms with van der Waals surface area (Å²) in [5.41, 5.74) is 0.375. The number of nitrogens with zero attached hydrogens (tertiary/aromatic N) is 1. The quantitative estimate of drug-likeness (QED) is 0.656. The van der Waals surface area contributed by atoms with Crippen molar-refractivity contribution in [2.75, 3.05) is 0 Å². The molecule has 1 saturated carbocycles. The molecule has 1 aliphatic carbocycles. The van der Waals surface area contributed by atoms with E-state index in [2.05, 4.69) is 4.99 Å². The molecule has 2 rings (SSSR count). The predicted molar refractivity (Wildman–Crippen MR) is 72.8 cm³/mol. The number of ketones is 2. The van der Waals surface area contributed by atoms with Gasteiger partial charge in [-0.3, -0.25) is 14.6 Å². The third kappa shape index (κ3) is 3.28. The van der Waals surface area contributed by atoms with Gasteiger partial charge < -0.3 is 5.11 Å².